The van der Waals surface area contributed by atoms with E-state index in [2.05, 4.69) is 10.2 Å². The largest absolute Gasteiger partial charge is 0.494 e. The molecule has 2 aromatic carbocycles. The Morgan fingerprint density at radius 2 is 1.85 bits per heavy atom. The van der Waals surface area contributed by atoms with Gasteiger partial charge in [0.2, 0.25) is 0 Å². The van der Waals surface area contributed by atoms with Crippen molar-refractivity contribution in [2.24, 2.45) is 0 Å². The number of amides is 1. The van der Waals surface area contributed by atoms with Crippen LogP contribution in [0.4, 0.5) is 5.69 Å². The fourth-order valence-electron chi connectivity index (χ4n) is 2.96. The van der Waals surface area contributed by atoms with Crippen LogP contribution in [0.1, 0.15) is 17.3 Å². The molecule has 1 fully saturated rings. The minimum atomic E-state index is -0.208. The number of nitrogens with one attached hydrogen (secondary N) is 1. The van der Waals surface area contributed by atoms with Gasteiger partial charge in [0.1, 0.15) is 5.75 Å². The molecule has 0 bridgehead atoms. The molecule has 0 saturated carbocycles. The van der Waals surface area contributed by atoms with Crippen LogP contribution in [0, 0.1) is 0 Å². The summed E-state index contributed by atoms with van der Waals surface area (Å²) in [5.41, 5.74) is 1.66. The molecule has 0 unspecified atom stereocenters. The third-order valence-electron chi connectivity index (χ3n) is 4.39. The number of thiocarbonyl (C=S) groups is 1. The molecule has 1 N–H and O–H groups in total. The molecule has 0 spiro atoms. The van der Waals surface area contributed by atoms with E-state index in [1.165, 1.54) is 0 Å². The number of carbonyl (C=O) groups excluding carboxylic acids is 1. The van der Waals surface area contributed by atoms with E-state index in [9.17, 15) is 4.79 Å². The van der Waals surface area contributed by atoms with Gasteiger partial charge < -0.3 is 14.5 Å². The highest BCUT2D eigenvalue weighted by atomic mass is 35.5. The number of anilines is 1. The smallest absolute Gasteiger partial charge is 0.257 e. The average molecular weight is 404 g/mol. The molecule has 1 heterocycles. The molecule has 2 aromatic rings. The van der Waals surface area contributed by atoms with Crippen LogP contribution in [-0.4, -0.2) is 48.7 Å². The summed E-state index contributed by atoms with van der Waals surface area (Å²) in [6.07, 6.45) is 0. The SMILES string of the molecule is CCOc1ccc(C(=O)NC(=S)N2CCN(c3cccc(Cl)c3)CC2)cc1. The quantitative estimate of drug-likeness (QED) is 0.790. The molecule has 142 valence electrons. The van der Waals surface area contributed by atoms with Crippen LogP contribution in [0.5, 0.6) is 5.75 Å². The third kappa shape index (κ3) is 5.11. The number of halogens is 1. The van der Waals surface area contributed by atoms with E-state index >= 15 is 0 Å². The number of hydrogen-bond donors (Lipinski definition) is 1. The second kappa shape index (κ2) is 9.06. The van der Waals surface area contributed by atoms with E-state index in [1.807, 2.05) is 36.1 Å². The Balaban J connectivity index is 1.52. The molecule has 0 atom stereocenters. The predicted octanol–water partition coefficient (Wildman–Crippen LogP) is 3.58. The number of piperazine rings is 1. The molecule has 1 aliphatic heterocycles. The van der Waals surface area contributed by atoms with Gasteiger partial charge in [0.05, 0.1) is 6.61 Å². The van der Waals surface area contributed by atoms with Crippen molar-refractivity contribution in [3.05, 3.63) is 59.1 Å². The summed E-state index contributed by atoms with van der Waals surface area (Å²) in [7, 11) is 0. The summed E-state index contributed by atoms with van der Waals surface area (Å²) in [6, 6.07) is 14.9. The number of nitrogens with zero attached hydrogens (tertiary/aromatic N) is 2. The number of rotatable bonds is 4. The van der Waals surface area contributed by atoms with Crippen LogP contribution in [0.2, 0.25) is 5.02 Å². The fraction of sp³-hybridized carbons (Fsp3) is 0.300. The average Bonchev–Trinajstić information content (AvgIpc) is 2.69. The van der Waals surface area contributed by atoms with E-state index in [1.54, 1.807) is 24.3 Å². The fourth-order valence-corrected chi connectivity index (χ4v) is 3.42. The summed E-state index contributed by atoms with van der Waals surface area (Å²) in [5, 5.41) is 4.01. The lowest BCUT2D eigenvalue weighted by Gasteiger charge is -2.37. The highest BCUT2D eigenvalue weighted by molar-refractivity contribution is 7.80. The van der Waals surface area contributed by atoms with Crippen LogP contribution >= 0.6 is 23.8 Å². The minimum absolute atomic E-state index is 0.208. The van der Waals surface area contributed by atoms with E-state index in [0.717, 1.165) is 42.6 Å². The Morgan fingerprint density at radius 3 is 2.48 bits per heavy atom. The Morgan fingerprint density at radius 1 is 1.15 bits per heavy atom. The van der Waals surface area contributed by atoms with Crippen molar-refractivity contribution in [3.8, 4) is 5.75 Å². The van der Waals surface area contributed by atoms with Gasteiger partial charge in [-0.1, -0.05) is 17.7 Å². The van der Waals surface area contributed by atoms with Gasteiger partial charge in [-0.05, 0) is 61.6 Å². The van der Waals surface area contributed by atoms with E-state index in [0.29, 0.717) is 17.3 Å². The Bertz CT molecular complexity index is 805. The lowest BCUT2D eigenvalue weighted by Crippen LogP contribution is -2.52. The van der Waals surface area contributed by atoms with Gasteiger partial charge in [-0.2, -0.15) is 0 Å². The zero-order chi connectivity index (χ0) is 19.2. The highest BCUT2D eigenvalue weighted by Gasteiger charge is 2.20. The second-order valence-electron chi connectivity index (χ2n) is 6.17. The summed E-state index contributed by atoms with van der Waals surface area (Å²) in [5.74, 6) is 0.536. The van der Waals surface area contributed by atoms with Gasteiger partial charge in [-0.3, -0.25) is 10.1 Å². The van der Waals surface area contributed by atoms with Crippen LogP contribution in [0.15, 0.2) is 48.5 Å². The molecule has 1 aliphatic rings. The van der Waals surface area contributed by atoms with Gasteiger partial charge in [0.15, 0.2) is 5.11 Å². The van der Waals surface area contributed by atoms with Crippen LogP contribution < -0.4 is 15.0 Å². The molecule has 1 saturated heterocycles. The van der Waals surface area contributed by atoms with Crippen molar-refractivity contribution in [1.29, 1.82) is 0 Å². The zero-order valence-electron chi connectivity index (χ0n) is 15.2. The molecular formula is C20H22ClN3O2S. The van der Waals surface area contributed by atoms with Crippen molar-refractivity contribution in [3.63, 3.8) is 0 Å². The molecule has 0 aromatic heterocycles. The van der Waals surface area contributed by atoms with Crippen molar-refractivity contribution in [2.75, 3.05) is 37.7 Å². The Kier molecular flexibility index (Phi) is 6.53. The van der Waals surface area contributed by atoms with E-state index in [4.69, 9.17) is 28.6 Å². The molecule has 5 nitrogen and oxygen atoms in total. The first-order valence-corrected chi connectivity index (χ1v) is 9.69. The summed E-state index contributed by atoms with van der Waals surface area (Å²) in [6.45, 7) is 5.64. The van der Waals surface area contributed by atoms with Crippen molar-refractivity contribution in [1.82, 2.24) is 10.2 Å². The van der Waals surface area contributed by atoms with Crippen LogP contribution in [0.25, 0.3) is 0 Å². The number of benzene rings is 2. The second-order valence-corrected chi connectivity index (χ2v) is 6.99. The Labute approximate surface area is 169 Å². The lowest BCUT2D eigenvalue weighted by molar-refractivity contribution is 0.0973. The lowest BCUT2D eigenvalue weighted by atomic mass is 10.2. The standard InChI is InChI=1S/C20H22ClN3O2S/c1-2-26-18-8-6-15(7-9-18)19(25)22-20(27)24-12-10-23(11-13-24)17-5-3-4-16(21)14-17/h3-9,14H,2,10-13H2,1H3,(H,22,25,27). The van der Waals surface area contributed by atoms with Gasteiger partial charge in [-0.15, -0.1) is 0 Å². The number of hydrogen-bond acceptors (Lipinski definition) is 4. The maximum Gasteiger partial charge on any atom is 0.257 e. The normalized spacial score (nSPS) is 14.0. The van der Waals surface area contributed by atoms with Gasteiger partial charge in [-0.25, -0.2) is 0 Å². The summed E-state index contributed by atoms with van der Waals surface area (Å²) < 4.78 is 5.39. The van der Waals surface area contributed by atoms with Crippen molar-refractivity contribution in [2.45, 2.75) is 6.92 Å². The Hall–Kier alpha value is -2.31. The molecule has 7 heteroatoms. The van der Waals surface area contributed by atoms with Crippen LogP contribution in [-0.2, 0) is 0 Å². The number of carbonyl (C=O) groups is 1. The minimum Gasteiger partial charge on any atom is -0.494 e. The van der Waals surface area contributed by atoms with E-state index < -0.39 is 0 Å². The number of ether oxygens (including phenoxy) is 1. The summed E-state index contributed by atoms with van der Waals surface area (Å²) >= 11 is 11.5. The molecule has 3 rings (SSSR count). The maximum absolute atomic E-state index is 12.4. The molecule has 1 amide bonds. The summed E-state index contributed by atoms with van der Waals surface area (Å²) in [4.78, 5) is 16.7. The molecular weight excluding hydrogens is 382 g/mol. The first-order valence-electron chi connectivity index (χ1n) is 8.90. The predicted molar refractivity (Wildman–Crippen MR) is 113 cm³/mol. The third-order valence-corrected chi connectivity index (χ3v) is 4.98. The molecule has 27 heavy (non-hydrogen) atoms. The molecule has 0 radical (unpaired) electrons. The van der Waals surface area contributed by atoms with Crippen molar-refractivity contribution >= 4 is 40.5 Å². The van der Waals surface area contributed by atoms with Gasteiger partial charge in [0, 0.05) is 42.5 Å². The van der Waals surface area contributed by atoms with Crippen LogP contribution in [0.3, 0.4) is 0 Å². The topological polar surface area (TPSA) is 44.8 Å². The first-order chi connectivity index (χ1) is 13.1. The van der Waals surface area contributed by atoms with E-state index in [-0.39, 0.29) is 5.91 Å². The zero-order valence-corrected chi connectivity index (χ0v) is 16.7. The molecule has 0 aliphatic carbocycles. The highest BCUT2D eigenvalue weighted by Crippen LogP contribution is 2.21. The first kappa shape index (κ1) is 19.5. The monoisotopic (exact) mass is 403 g/mol. The van der Waals surface area contributed by atoms with Gasteiger partial charge >= 0.3 is 0 Å². The van der Waals surface area contributed by atoms with Gasteiger partial charge in [0.25, 0.3) is 5.91 Å². The van der Waals surface area contributed by atoms with Crippen molar-refractivity contribution < 1.29 is 9.53 Å². The maximum atomic E-state index is 12.4.